The number of ether oxygens (including phenoxy) is 1. The Balaban J connectivity index is 1.75. The van der Waals surface area contributed by atoms with E-state index in [0.29, 0.717) is 19.5 Å². The molecule has 2 heterocycles. The van der Waals surface area contributed by atoms with Gasteiger partial charge in [0.2, 0.25) is 5.91 Å². The summed E-state index contributed by atoms with van der Waals surface area (Å²) in [6, 6.07) is 5.32. The van der Waals surface area contributed by atoms with E-state index in [2.05, 4.69) is 15.0 Å². The normalized spacial score (nSPS) is 16.3. The number of halogens is 3. The molecule has 144 valence electrons. The van der Waals surface area contributed by atoms with E-state index in [0.717, 1.165) is 6.07 Å². The first-order chi connectivity index (χ1) is 13.3. The highest BCUT2D eigenvalue weighted by atomic mass is 19.4. The maximum absolute atomic E-state index is 12.5. The average molecular weight is 390 g/mol. The Labute approximate surface area is 157 Å². The van der Waals surface area contributed by atoms with Gasteiger partial charge in [-0.05, 0) is 18.6 Å². The number of nitrogens with zero attached hydrogens (tertiary/aromatic N) is 5. The SMILES string of the molecule is N#Cc1ccc(-n2cnc(NC(=O)[C@H]3CCN(C#N)C3)c2)cc1OC(F)(F)F. The van der Waals surface area contributed by atoms with Gasteiger partial charge in [-0.2, -0.15) is 10.5 Å². The maximum Gasteiger partial charge on any atom is 0.573 e. The number of nitrogens with one attached hydrogen (secondary N) is 1. The summed E-state index contributed by atoms with van der Waals surface area (Å²) in [6.07, 6.45) is 0.338. The van der Waals surface area contributed by atoms with Crippen molar-refractivity contribution in [1.82, 2.24) is 14.5 Å². The van der Waals surface area contributed by atoms with Crippen molar-refractivity contribution in [2.75, 3.05) is 18.4 Å². The summed E-state index contributed by atoms with van der Waals surface area (Å²) in [4.78, 5) is 17.7. The number of anilines is 1. The van der Waals surface area contributed by atoms with Crippen LogP contribution < -0.4 is 10.1 Å². The Morgan fingerprint density at radius 2 is 2.14 bits per heavy atom. The minimum atomic E-state index is -4.93. The third-order valence-corrected chi connectivity index (χ3v) is 4.14. The van der Waals surface area contributed by atoms with Crippen molar-refractivity contribution in [1.29, 1.82) is 10.5 Å². The zero-order chi connectivity index (χ0) is 20.3. The van der Waals surface area contributed by atoms with Gasteiger partial charge in [0.1, 0.15) is 18.1 Å². The summed E-state index contributed by atoms with van der Waals surface area (Å²) >= 11 is 0. The molecule has 3 rings (SSSR count). The highest BCUT2D eigenvalue weighted by molar-refractivity contribution is 5.92. The number of hydrogen-bond donors (Lipinski definition) is 1. The maximum atomic E-state index is 12.5. The van der Waals surface area contributed by atoms with E-state index >= 15 is 0 Å². The van der Waals surface area contributed by atoms with Crippen LogP contribution in [0.15, 0.2) is 30.7 Å². The van der Waals surface area contributed by atoms with E-state index in [9.17, 15) is 18.0 Å². The number of carbonyl (C=O) groups is 1. The Morgan fingerprint density at radius 3 is 2.79 bits per heavy atom. The van der Waals surface area contributed by atoms with Gasteiger partial charge in [-0.1, -0.05) is 0 Å². The van der Waals surface area contributed by atoms with Crippen molar-refractivity contribution in [2.24, 2.45) is 5.92 Å². The molecule has 1 atom stereocenters. The molecule has 0 unspecified atom stereocenters. The molecule has 0 spiro atoms. The zero-order valence-corrected chi connectivity index (χ0v) is 14.3. The fourth-order valence-corrected chi connectivity index (χ4v) is 2.80. The minimum Gasteiger partial charge on any atom is -0.404 e. The summed E-state index contributed by atoms with van der Waals surface area (Å²) < 4.78 is 42.8. The van der Waals surface area contributed by atoms with Crippen LogP contribution in [0.1, 0.15) is 12.0 Å². The standard InChI is InChI=1S/C17H13F3N6O2/c18-17(19,20)28-14-5-13(2-1-11(14)6-21)26-8-15(23-10-26)24-16(27)12-3-4-25(7-12)9-22/h1-2,5,8,10,12H,3-4,7H2,(H,24,27)/t12-/m0/s1. The highest BCUT2D eigenvalue weighted by Crippen LogP contribution is 2.28. The van der Waals surface area contributed by atoms with Crippen LogP contribution in [0, 0.1) is 28.7 Å². The fourth-order valence-electron chi connectivity index (χ4n) is 2.80. The van der Waals surface area contributed by atoms with Gasteiger partial charge in [0.05, 0.1) is 23.4 Å². The number of hydrogen-bond acceptors (Lipinski definition) is 6. The summed E-state index contributed by atoms with van der Waals surface area (Å²) in [6.45, 7) is 0.840. The third kappa shape index (κ3) is 4.32. The predicted octanol–water partition coefficient (Wildman–Crippen LogP) is 2.38. The van der Waals surface area contributed by atoms with Crippen LogP contribution in [0.5, 0.6) is 5.75 Å². The number of imidazole rings is 1. The molecule has 0 radical (unpaired) electrons. The molecule has 0 aliphatic carbocycles. The molecular formula is C17H13F3N6O2. The summed E-state index contributed by atoms with van der Waals surface area (Å²) in [5.41, 5.74) is 0.000711. The molecule has 1 aliphatic rings. The van der Waals surface area contributed by atoms with Gasteiger partial charge < -0.3 is 19.5 Å². The summed E-state index contributed by atoms with van der Waals surface area (Å²) in [7, 11) is 0. The molecule has 8 nitrogen and oxygen atoms in total. The van der Waals surface area contributed by atoms with E-state index in [1.165, 1.54) is 34.1 Å². The molecule has 1 aromatic heterocycles. The fraction of sp³-hybridized carbons (Fsp3) is 0.294. The van der Waals surface area contributed by atoms with Crippen LogP contribution in [-0.4, -0.2) is 39.8 Å². The van der Waals surface area contributed by atoms with Crippen molar-refractivity contribution in [3.05, 3.63) is 36.3 Å². The molecule has 0 bridgehead atoms. The van der Waals surface area contributed by atoms with Gasteiger partial charge in [-0.3, -0.25) is 4.79 Å². The first-order valence-corrected chi connectivity index (χ1v) is 8.09. The van der Waals surface area contributed by atoms with Gasteiger partial charge in [0.15, 0.2) is 12.0 Å². The number of benzene rings is 1. The van der Waals surface area contributed by atoms with Crippen LogP contribution in [0.4, 0.5) is 19.0 Å². The minimum absolute atomic E-state index is 0.211. The molecule has 1 fully saturated rings. The van der Waals surface area contributed by atoms with Gasteiger partial charge in [-0.25, -0.2) is 4.98 Å². The first kappa shape index (κ1) is 19.0. The molecule has 1 N–H and O–H groups in total. The molecule has 28 heavy (non-hydrogen) atoms. The second-order valence-corrected chi connectivity index (χ2v) is 6.03. The number of nitriles is 2. The highest BCUT2D eigenvalue weighted by Gasteiger charge is 2.32. The summed E-state index contributed by atoms with van der Waals surface area (Å²) in [5, 5.41) is 20.4. The molecular weight excluding hydrogens is 377 g/mol. The quantitative estimate of drug-likeness (QED) is 0.804. The van der Waals surface area contributed by atoms with Gasteiger partial charge in [0, 0.05) is 19.2 Å². The topological polar surface area (TPSA) is 107 Å². The number of carbonyl (C=O) groups excluding carboxylic acids is 1. The number of aromatic nitrogens is 2. The van der Waals surface area contributed by atoms with Crippen LogP contribution >= 0.6 is 0 Å². The Hall–Kier alpha value is -3.73. The van der Waals surface area contributed by atoms with Crippen molar-refractivity contribution in [2.45, 2.75) is 12.8 Å². The number of likely N-dealkylation sites (tertiary alicyclic amines) is 1. The zero-order valence-electron chi connectivity index (χ0n) is 14.3. The predicted molar refractivity (Wildman–Crippen MR) is 88.9 cm³/mol. The van der Waals surface area contributed by atoms with E-state index in [4.69, 9.17) is 10.5 Å². The van der Waals surface area contributed by atoms with Crippen LogP contribution in [0.2, 0.25) is 0 Å². The number of amides is 1. The lowest BCUT2D eigenvalue weighted by Crippen LogP contribution is -2.25. The first-order valence-electron chi connectivity index (χ1n) is 8.09. The van der Waals surface area contributed by atoms with E-state index < -0.39 is 12.1 Å². The summed E-state index contributed by atoms with van der Waals surface area (Å²) in [5.74, 6) is -1.05. The van der Waals surface area contributed by atoms with Gasteiger partial charge >= 0.3 is 6.36 Å². The Morgan fingerprint density at radius 1 is 1.36 bits per heavy atom. The largest absolute Gasteiger partial charge is 0.573 e. The van der Waals surface area contributed by atoms with E-state index in [1.54, 1.807) is 6.07 Å². The van der Waals surface area contributed by atoms with Crippen molar-refractivity contribution in [3.63, 3.8) is 0 Å². The smallest absolute Gasteiger partial charge is 0.404 e. The van der Waals surface area contributed by atoms with Crippen molar-refractivity contribution >= 4 is 11.7 Å². The molecule has 1 aromatic carbocycles. The Bertz CT molecular complexity index is 972. The molecule has 0 saturated carbocycles. The van der Waals surface area contributed by atoms with Gasteiger partial charge in [-0.15, -0.1) is 13.2 Å². The van der Waals surface area contributed by atoms with Crippen molar-refractivity contribution < 1.29 is 22.7 Å². The lowest BCUT2D eigenvalue weighted by atomic mass is 10.1. The van der Waals surface area contributed by atoms with Crippen LogP contribution in [-0.2, 0) is 4.79 Å². The third-order valence-electron chi connectivity index (χ3n) is 4.14. The second-order valence-electron chi connectivity index (χ2n) is 6.03. The molecule has 11 heteroatoms. The van der Waals surface area contributed by atoms with Crippen molar-refractivity contribution in [3.8, 4) is 23.7 Å². The van der Waals surface area contributed by atoms with Crippen LogP contribution in [0.25, 0.3) is 5.69 Å². The molecule has 1 aliphatic heterocycles. The number of rotatable bonds is 4. The lowest BCUT2D eigenvalue weighted by Gasteiger charge is -2.12. The van der Waals surface area contributed by atoms with Gasteiger partial charge in [0.25, 0.3) is 0 Å². The molecule has 1 amide bonds. The molecule has 2 aromatic rings. The average Bonchev–Trinajstić information content (AvgIpc) is 3.29. The lowest BCUT2D eigenvalue weighted by molar-refractivity contribution is -0.274. The Kier molecular flexibility index (Phi) is 5.09. The van der Waals surface area contributed by atoms with Crippen LogP contribution in [0.3, 0.4) is 0 Å². The second kappa shape index (κ2) is 7.48. The van der Waals surface area contributed by atoms with E-state index in [1.807, 2.05) is 6.19 Å². The van der Waals surface area contributed by atoms with E-state index in [-0.39, 0.29) is 28.9 Å². The molecule has 1 saturated heterocycles. The number of alkyl halides is 3. The monoisotopic (exact) mass is 390 g/mol.